The highest BCUT2D eigenvalue weighted by Gasteiger charge is 2.17. The molecule has 4 aromatic carbocycles. The highest BCUT2D eigenvalue weighted by atomic mass is 35.5. The molecule has 2 nitrogen and oxygen atoms in total. The summed E-state index contributed by atoms with van der Waals surface area (Å²) in [6.07, 6.45) is 14.5. The first-order valence-corrected chi connectivity index (χ1v) is 22.2. The summed E-state index contributed by atoms with van der Waals surface area (Å²) in [4.78, 5) is 0. The van der Waals surface area contributed by atoms with Crippen molar-refractivity contribution in [1.29, 1.82) is 10.3 Å². The quantitative estimate of drug-likeness (QED) is 0.108. The van der Waals surface area contributed by atoms with E-state index < -0.39 is 14.1 Å². The average molecular weight is 728 g/mol. The molecule has 0 aliphatic carbocycles. The number of unbranched alkanes of at least 4 members (excludes halogenated alkanes) is 4. The molecule has 0 aliphatic rings. The van der Waals surface area contributed by atoms with Gasteiger partial charge in [-0.25, -0.2) is 0 Å². The van der Waals surface area contributed by atoms with Crippen LogP contribution in [0.25, 0.3) is 0 Å². The van der Waals surface area contributed by atoms with Crippen LogP contribution in [0.4, 0.5) is 0 Å². The van der Waals surface area contributed by atoms with E-state index in [4.69, 9.17) is 10.3 Å². The fourth-order valence-corrected chi connectivity index (χ4v) is 9.24. The molecule has 0 radical (unpaired) electrons. The zero-order chi connectivity index (χ0) is 33.4. The maximum Gasteiger partial charge on any atom is 0.0208 e. The Morgan fingerprint density at radius 3 is 0.667 bits per heavy atom. The van der Waals surface area contributed by atoms with Gasteiger partial charge in [0.15, 0.2) is 0 Å². The Morgan fingerprint density at radius 1 is 0.354 bits per heavy atom. The second-order valence-electron chi connectivity index (χ2n) is 13.1. The fourth-order valence-electron chi connectivity index (χ4n) is 5.66. The molecule has 0 bridgehead atoms. The lowest BCUT2D eigenvalue weighted by Crippen LogP contribution is -2.14. The maximum absolute atomic E-state index is 8.94. The molecule has 4 rings (SSSR count). The molecule has 0 saturated carbocycles. The van der Waals surface area contributed by atoms with Crippen LogP contribution in [0.5, 0.6) is 0 Å². The summed E-state index contributed by atoms with van der Waals surface area (Å²) in [6, 6.07) is 35.1. The van der Waals surface area contributed by atoms with Gasteiger partial charge in [-0.3, -0.25) is 0 Å². The predicted molar refractivity (Wildman–Crippen MR) is 224 cm³/mol. The lowest BCUT2D eigenvalue weighted by molar-refractivity contribution is 0.795. The van der Waals surface area contributed by atoms with E-state index in [0.29, 0.717) is 0 Å². The van der Waals surface area contributed by atoms with Gasteiger partial charge in [-0.1, -0.05) is 150 Å². The van der Waals surface area contributed by atoms with Gasteiger partial charge in [0, 0.05) is 14.1 Å². The zero-order valence-corrected chi connectivity index (χ0v) is 33.9. The Labute approximate surface area is 306 Å². The second-order valence-corrected chi connectivity index (χ2v) is 19.2. The summed E-state index contributed by atoms with van der Waals surface area (Å²) < 4.78 is 0. The zero-order valence-electron chi connectivity index (χ0n) is 30.4. The lowest BCUT2D eigenvalue weighted by atomic mass is 10.1. The van der Waals surface area contributed by atoms with Gasteiger partial charge in [-0.15, -0.1) is 24.8 Å². The van der Waals surface area contributed by atoms with Crippen LogP contribution in [0, 0.1) is 10.3 Å². The number of benzene rings is 4. The molecule has 48 heavy (non-hydrogen) atoms. The number of hydrogen-bond acceptors (Lipinski definition) is 2. The summed E-state index contributed by atoms with van der Waals surface area (Å²) in [5.74, 6) is 0. The van der Waals surface area contributed by atoms with Crippen molar-refractivity contribution in [3.05, 3.63) is 119 Å². The molecule has 0 aliphatic heterocycles. The minimum atomic E-state index is -1.99. The molecule has 4 aromatic rings. The van der Waals surface area contributed by atoms with Crippen molar-refractivity contribution in [3.63, 3.8) is 0 Å². The summed E-state index contributed by atoms with van der Waals surface area (Å²) in [7, 11) is -3.98. The summed E-state index contributed by atoms with van der Waals surface area (Å²) in [6.45, 7) is 13.1. The van der Waals surface area contributed by atoms with Gasteiger partial charge in [0.1, 0.15) is 0 Å². The standard InChI is InChI=1S/2C21H30NP.2ClH/c2*1-4-6-8-18-10-14-20(15-11-18)23(3,22)21-16-12-19(13-17-21)9-7-5-2;;/h2*10-17,22H,4-9H2,1-3H3;2*1H. The van der Waals surface area contributed by atoms with Crippen LogP contribution in [0.3, 0.4) is 0 Å². The number of rotatable bonds is 16. The fraction of sp³-hybridized carbons (Fsp3) is 0.429. The van der Waals surface area contributed by atoms with Gasteiger partial charge >= 0.3 is 0 Å². The van der Waals surface area contributed by atoms with Gasteiger partial charge in [0.2, 0.25) is 0 Å². The van der Waals surface area contributed by atoms with E-state index in [9.17, 15) is 0 Å². The molecule has 0 fully saturated rings. The molecule has 0 amide bonds. The Balaban J connectivity index is 0.000000461. The number of hydrogen-bond donors (Lipinski definition) is 2. The van der Waals surface area contributed by atoms with E-state index in [1.54, 1.807) is 0 Å². The minimum absolute atomic E-state index is 0. The van der Waals surface area contributed by atoms with Crippen LogP contribution < -0.4 is 21.2 Å². The van der Waals surface area contributed by atoms with Crippen LogP contribution in [0.2, 0.25) is 0 Å². The van der Waals surface area contributed by atoms with Crippen LogP contribution in [-0.2, 0) is 25.7 Å². The molecule has 2 N–H and O–H groups in total. The SMILES string of the molecule is CCCCc1ccc(P(C)(=N)c2ccc(CCCC)cc2)cc1.CCCCc1ccc(P(C)(=N)c2ccc(CCCC)cc2)cc1.Cl.Cl. The Hall–Kier alpha value is -2.08. The third-order valence-corrected chi connectivity index (χ3v) is 14.4. The topological polar surface area (TPSA) is 47.7 Å². The first-order chi connectivity index (χ1) is 22.1. The van der Waals surface area contributed by atoms with Gasteiger partial charge in [0.25, 0.3) is 0 Å². The molecule has 0 atom stereocenters. The normalized spacial score (nSPS) is 11.1. The molecule has 0 spiro atoms. The first-order valence-electron chi connectivity index (χ1n) is 17.8. The number of nitrogens with one attached hydrogen (secondary N) is 2. The van der Waals surface area contributed by atoms with Crippen molar-refractivity contribution in [2.24, 2.45) is 0 Å². The van der Waals surface area contributed by atoms with Crippen molar-refractivity contribution >= 4 is 60.1 Å². The van der Waals surface area contributed by atoms with Crippen LogP contribution >= 0.6 is 38.9 Å². The Morgan fingerprint density at radius 2 is 0.521 bits per heavy atom. The summed E-state index contributed by atoms with van der Waals surface area (Å²) in [5.41, 5.74) is 5.58. The molecular weight excluding hydrogens is 665 g/mol. The van der Waals surface area contributed by atoms with E-state index in [0.717, 1.165) is 25.7 Å². The number of aryl methyl sites for hydroxylation is 4. The highest BCUT2D eigenvalue weighted by molar-refractivity contribution is 7.79. The third kappa shape index (κ3) is 13.3. The van der Waals surface area contributed by atoms with Gasteiger partial charge < -0.3 is 10.3 Å². The minimum Gasteiger partial charge on any atom is -0.310 e. The van der Waals surface area contributed by atoms with Gasteiger partial charge in [-0.05, 0) is 108 Å². The first kappa shape index (κ1) is 43.9. The Bertz CT molecular complexity index is 1300. The van der Waals surface area contributed by atoms with Crippen molar-refractivity contribution < 1.29 is 0 Å². The molecule has 264 valence electrons. The summed E-state index contributed by atoms with van der Waals surface area (Å²) >= 11 is 0. The molecule has 0 saturated heterocycles. The van der Waals surface area contributed by atoms with Crippen LogP contribution in [-0.4, -0.2) is 13.3 Å². The van der Waals surface area contributed by atoms with E-state index in [1.165, 1.54) is 94.8 Å². The Kier molecular flexibility index (Phi) is 20.7. The monoisotopic (exact) mass is 726 g/mol. The summed E-state index contributed by atoms with van der Waals surface area (Å²) in [5, 5.41) is 22.6. The third-order valence-electron chi connectivity index (χ3n) is 9.09. The largest absolute Gasteiger partial charge is 0.310 e. The number of halogens is 2. The molecular formula is C42H62Cl2N2P2. The molecule has 0 heterocycles. The predicted octanol–water partition coefficient (Wildman–Crippen LogP) is 12.3. The van der Waals surface area contributed by atoms with Crippen molar-refractivity contribution in [2.45, 2.75) is 105 Å². The lowest BCUT2D eigenvalue weighted by Gasteiger charge is -2.19. The van der Waals surface area contributed by atoms with Gasteiger partial charge in [-0.2, -0.15) is 0 Å². The highest BCUT2D eigenvalue weighted by Crippen LogP contribution is 2.40. The molecule has 6 heteroatoms. The smallest absolute Gasteiger partial charge is 0.0208 e. The van der Waals surface area contributed by atoms with Crippen molar-refractivity contribution in [3.8, 4) is 0 Å². The molecule has 0 aromatic heterocycles. The van der Waals surface area contributed by atoms with E-state index in [-0.39, 0.29) is 24.8 Å². The van der Waals surface area contributed by atoms with Gasteiger partial charge in [0.05, 0.1) is 0 Å². The van der Waals surface area contributed by atoms with E-state index in [1.807, 2.05) is 0 Å². The van der Waals surface area contributed by atoms with Crippen LogP contribution in [0.15, 0.2) is 97.1 Å². The van der Waals surface area contributed by atoms with Crippen molar-refractivity contribution in [2.75, 3.05) is 13.3 Å². The van der Waals surface area contributed by atoms with E-state index >= 15 is 0 Å². The molecule has 0 unspecified atom stereocenters. The average Bonchev–Trinajstić information content (AvgIpc) is 3.09. The second kappa shape index (κ2) is 22.6. The van der Waals surface area contributed by atoms with Crippen LogP contribution in [0.1, 0.15) is 101 Å². The van der Waals surface area contributed by atoms with Crippen molar-refractivity contribution in [1.82, 2.24) is 0 Å². The maximum atomic E-state index is 8.94. The van der Waals surface area contributed by atoms with E-state index in [2.05, 4.69) is 138 Å².